The van der Waals surface area contributed by atoms with Crippen LogP contribution >= 0.6 is 0 Å². The van der Waals surface area contributed by atoms with E-state index in [2.05, 4.69) is 5.32 Å². The fourth-order valence-electron chi connectivity index (χ4n) is 2.18. The summed E-state index contributed by atoms with van der Waals surface area (Å²) in [7, 11) is 0. The molecule has 0 amide bonds. The minimum atomic E-state index is -2.45. The normalized spacial score (nSPS) is 14.9. The minimum Gasteiger partial charge on any atom is -0.303 e. The number of rotatable bonds is 4. The highest BCUT2D eigenvalue weighted by atomic mass is 19.3. The van der Waals surface area contributed by atoms with Crippen molar-refractivity contribution in [2.24, 2.45) is 0 Å². The van der Waals surface area contributed by atoms with Crippen molar-refractivity contribution in [3.8, 4) is 0 Å². The van der Waals surface area contributed by atoms with E-state index < -0.39 is 12.0 Å². The molecular weight excluding hydrogens is 232 g/mol. The lowest BCUT2D eigenvalue weighted by molar-refractivity contribution is 0.0395. The first kappa shape index (κ1) is 13.0. The Kier molecular flexibility index (Phi) is 3.62. The average molecular weight is 249 g/mol. The van der Waals surface area contributed by atoms with Crippen LogP contribution in [0.3, 0.4) is 0 Å². The van der Waals surface area contributed by atoms with Gasteiger partial charge in [0.05, 0.1) is 0 Å². The molecule has 2 aromatic carbocycles. The predicted molar refractivity (Wildman–Crippen MR) is 71.0 cm³/mol. The predicted octanol–water partition coefficient (Wildman–Crippen LogP) is 3.93. The Morgan fingerprint density at radius 1 is 1.11 bits per heavy atom. The van der Waals surface area contributed by atoms with E-state index in [1.54, 1.807) is 13.0 Å². The SMILES string of the molecule is CCNC(C)(c1ccc2ccccc2c1)C(F)F. The lowest BCUT2D eigenvalue weighted by Crippen LogP contribution is -2.45. The molecule has 1 atom stereocenters. The van der Waals surface area contributed by atoms with Gasteiger partial charge in [-0.15, -0.1) is 0 Å². The van der Waals surface area contributed by atoms with E-state index in [0.29, 0.717) is 12.1 Å². The standard InChI is InChI=1S/C15H17F2N/c1-3-18-15(2,14(16)17)13-9-8-11-6-4-5-7-12(11)10-13/h4-10,14,18H,3H2,1-2H3. The summed E-state index contributed by atoms with van der Waals surface area (Å²) in [6, 6.07) is 13.3. The molecular formula is C15H17F2N. The van der Waals surface area contributed by atoms with Crippen molar-refractivity contribution in [3.63, 3.8) is 0 Å². The number of halogens is 2. The first-order valence-corrected chi connectivity index (χ1v) is 6.10. The van der Waals surface area contributed by atoms with Gasteiger partial charge in [0.15, 0.2) is 0 Å². The van der Waals surface area contributed by atoms with Gasteiger partial charge in [0.25, 0.3) is 6.43 Å². The Morgan fingerprint density at radius 2 is 1.78 bits per heavy atom. The second-order valence-corrected chi connectivity index (χ2v) is 4.60. The number of fused-ring (bicyclic) bond motifs is 1. The molecule has 0 bridgehead atoms. The summed E-state index contributed by atoms with van der Waals surface area (Å²) in [6.07, 6.45) is -2.45. The van der Waals surface area contributed by atoms with E-state index in [0.717, 1.165) is 10.8 Å². The Labute approximate surface area is 106 Å². The molecule has 3 heteroatoms. The molecule has 0 saturated carbocycles. The molecule has 0 fully saturated rings. The molecule has 0 aliphatic carbocycles. The third kappa shape index (κ3) is 2.23. The largest absolute Gasteiger partial charge is 0.303 e. The van der Waals surface area contributed by atoms with Crippen molar-refractivity contribution in [2.45, 2.75) is 25.8 Å². The maximum atomic E-state index is 13.3. The highest BCUT2D eigenvalue weighted by molar-refractivity contribution is 5.83. The minimum absolute atomic E-state index is 0.508. The van der Waals surface area contributed by atoms with Gasteiger partial charge in [0.1, 0.15) is 5.54 Å². The molecule has 1 N–H and O–H groups in total. The monoisotopic (exact) mass is 249 g/mol. The Bertz CT molecular complexity index is 539. The second-order valence-electron chi connectivity index (χ2n) is 4.60. The third-order valence-electron chi connectivity index (χ3n) is 3.33. The van der Waals surface area contributed by atoms with E-state index >= 15 is 0 Å². The van der Waals surface area contributed by atoms with Crippen molar-refractivity contribution in [1.82, 2.24) is 5.32 Å². The summed E-state index contributed by atoms with van der Waals surface area (Å²) in [4.78, 5) is 0. The van der Waals surface area contributed by atoms with Crippen LogP contribution in [0.25, 0.3) is 10.8 Å². The lowest BCUT2D eigenvalue weighted by Gasteiger charge is -2.30. The van der Waals surface area contributed by atoms with Gasteiger partial charge < -0.3 is 5.32 Å². The first-order valence-electron chi connectivity index (χ1n) is 6.10. The van der Waals surface area contributed by atoms with Gasteiger partial charge in [-0.2, -0.15) is 0 Å². The van der Waals surface area contributed by atoms with Gasteiger partial charge in [-0.3, -0.25) is 0 Å². The summed E-state index contributed by atoms with van der Waals surface area (Å²) >= 11 is 0. The molecule has 0 aliphatic heterocycles. The topological polar surface area (TPSA) is 12.0 Å². The zero-order valence-corrected chi connectivity index (χ0v) is 10.6. The smallest absolute Gasteiger partial charge is 0.260 e. The zero-order valence-electron chi connectivity index (χ0n) is 10.6. The van der Waals surface area contributed by atoms with Crippen LogP contribution in [0.4, 0.5) is 8.78 Å². The molecule has 0 aromatic heterocycles. The van der Waals surface area contributed by atoms with Crippen LogP contribution in [0.15, 0.2) is 42.5 Å². The van der Waals surface area contributed by atoms with Gasteiger partial charge in [-0.25, -0.2) is 8.78 Å². The van der Waals surface area contributed by atoms with E-state index in [1.807, 2.05) is 43.3 Å². The lowest BCUT2D eigenvalue weighted by atomic mass is 9.90. The number of alkyl halides is 2. The summed E-state index contributed by atoms with van der Waals surface area (Å²) in [5.41, 5.74) is -0.670. The molecule has 1 nitrogen and oxygen atoms in total. The van der Waals surface area contributed by atoms with Gasteiger partial charge in [0.2, 0.25) is 0 Å². The maximum Gasteiger partial charge on any atom is 0.260 e. The molecule has 0 saturated heterocycles. The first-order chi connectivity index (χ1) is 8.58. The Morgan fingerprint density at radius 3 is 2.39 bits per heavy atom. The molecule has 1 unspecified atom stereocenters. The average Bonchev–Trinajstić information content (AvgIpc) is 2.38. The molecule has 0 aliphatic rings. The summed E-state index contributed by atoms with van der Waals surface area (Å²) in [6.45, 7) is 3.89. The van der Waals surface area contributed by atoms with E-state index in [1.165, 1.54) is 0 Å². The van der Waals surface area contributed by atoms with Gasteiger partial charge >= 0.3 is 0 Å². The Balaban J connectivity index is 2.51. The molecule has 96 valence electrons. The highest BCUT2D eigenvalue weighted by Crippen LogP contribution is 2.30. The van der Waals surface area contributed by atoms with Crippen molar-refractivity contribution < 1.29 is 8.78 Å². The molecule has 0 radical (unpaired) electrons. The number of benzene rings is 2. The molecule has 18 heavy (non-hydrogen) atoms. The van der Waals surface area contributed by atoms with Gasteiger partial charge in [-0.1, -0.05) is 43.3 Å². The van der Waals surface area contributed by atoms with Crippen molar-refractivity contribution >= 4 is 10.8 Å². The molecule has 0 heterocycles. The van der Waals surface area contributed by atoms with Crippen LogP contribution < -0.4 is 5.32 Å². The van der Waals surface area contributed by atoms with Crippen LogP contribution in [0.2, 0.25) is 0 Å². The fraction of sp³-hybridized carbons (Fsp3) is 0.333. The van der Waals surface area contributed by atoms with Crippen LogP contribution in [0.5, 0.6) is 0 Å². The zero-order chi connectivity index (χ0) is 13.2. The van der Waals surface area contributed by atoms with E-state index in [9.17, 15) is 8.78 Å². The fourth-order valence-corrected chi connectivity index (χ4v) is 2.18. The van der Waals surface area contributed by atoms with Crippen molar-refractivity contribution in [3.05, 3.63) is 48.0 Å². The maximum absolute atomic E-state index is 13.3. The van der Waals surface area contributed by atoms with Crippen molar-refractivity contribution in [2.75, 3.05) is 6.54 Å². The van der Waals surface area contributed by atoms with Crippen molar-refractivity contribution in [1.29, 1.82) is 0 Å². The number of hydrogen-bond acceptors (Lipinski definition) is 1. The number of nitrogens with one attached hydrogen (secondary N) is 1. The summed E-state index contributed by atoms with van der Waals surface area (Å²) in [5, 5.41) is 4.94. The van der Waals surface area contributed by atoms with E-state index in [4.69, 9.17) is 0 Å². The summed E-state index contributed by atoms with van der Waals surface area (Å²) in [5.74, 6) is 0. The molecule has 2 rings (SSSR count). The number of hydrogen-bond donors (Lipinski definition) is 1. The van der Waals surface area contributed by atoms with Gasteiger partial charge in [-0.05, 0) is 35.9 Å². The van der Waals surface area contributed by atoms with Gasteiger partial charge in [0, 0.05) is 0 Å². The van der Waals surface area contributed by atoms with Crippen LogP contribution in [0, 0.1) is 0 Å². The van der Waals surface area contributed by atoms with Crippen LogP contribution in [-0.4, -0.2) is 13.0 Å². The molecule has 0 spiro atoms. The van der Waals surface area contributed by atoms with Crippen LogP contribution in [-0.2, 0) is 5.54 Å². The third-order valence-corrected chi connectivity index (χ3v) is 3.33. The quantitative estimate of drug-likeness (QED) is 0.865. The Hall–Kier alpha value is -1.48. The van der Waals surface area contributed by atoms with Crippen LogP contribution in [0.1, 0.15) is 19.4 Å². The molecule has 2 aromatic rings. The second kappa shape index (κ2) is 5.02. The summed E-state index contributed by atoms with van der Waals surface area (Å²) < 4.78 is 26.6. The highest BCUT2D eigenvalue weighted by Gasteiger charge is 2.35. The van der Waals surface area contributed by atoms with E-state index in [-0.39, 0.29) is 0 Å².